The fourth-order valence-corrected chi connectivity index (χ4v) is 8.55. The van der Waals surface area contributed by atoms with E-state index < -0.39 is 11.4 Å². The first-order valence-electron chi connectivity index (χ1n) is 29.9. The molecule has 71 heavy (non-hydrogen) atoms. The van der Waals surface area contributed by atoms with Gasteiger partial charge in [-0.2, -0.15) is 0 Å². The van der Waals surface area contributed by atoms with Gasteiger partial charge in [-0.05, 0) is 110 Å². The molecule has 0 unspecified atom stereocenters. The Bertz CT molecular complexity index is 1250. The average Bonchev–Trinajstić information content (AvgIpc) is 3.35. The van der Waals surface area contributed by atoms with Gasteiger partial charge in [0.15, 0.2) is 0 Å². The van der Waals surface area contributed by atoms with Crippen LogP contribution in [0, 0.1) is 5.41 Å². The van der Waals surface area contributed by atoms with E-state index in [9.17, 15) is 19.2 Å². The van der Waals surface area contributed by atoms with Crippen molar-refractivity contribution in [3.8, 4) is 0 Å². The van der Waals surface area contributed by atoms with Gasteiger partial charge in [0.05, 0.1) is 6.54 Å². The third-order valence-corrected chi connectivity index (χ3v) is 13.3. The molecule has 0 atom stereocenters. The Labute approximate surface area is 438 Å². The molecule has 9 heteroatoms. The van der Waals surface area contributed by atoms with Crippen molar-refractivity contribution < 1.29 is 38.1 Å². The van der Waals surface area contributed by atoms with Gasteiger partial charge in [-0.1, -0.05) is 205 Å². The molecule has 0 radical (unpaired) electrons. The van der Waals surface area contributed by atoms with Crippen molar-refractivity contribution in [3.63, 3.8) is 0 Å². The first-order chi connectivity index (χ1) is 34.7. The second-order valence-electron chi connectivity index (χ2n) is 21.0. The normalized spacial score (nSPS) is 12.0. The van der Waals surface area contributed by atoms with Gasteiger partial charge in [-0.15, -0.1) is 0 Å². The maximum absolute atomic E-state index is 13.1. The molecule has 0 heterocycles. The molecule has 0 amide bonds. The molecular formula is C62H113NO8. The average molecular weight is 1000 g/mol. The molecule has 0 saturated heterocycles. The summed E-state index contributed by atoms with van der Waals surface area (Å²) in [5.74, 6) is -1.57. The van der Waals surface area contributed by atoms with Crippen molar-refractivity contribution in [2.45, 2.75) is 284 Å². The topological polar surface area (TPSA) is 108 Å². The van der Waals surface area contributed by atoms with E-state index in [0.29, 0.717) is 19.3 Å². The van der Waals surface area contributed by atoms with E-state index in [4.69, 9.17) is 18.9 Å². The number of nitrogens with zero attached hydrogens (tertiary/aromatic N) is 1. The quantitative estimate of drug-likeness (QED) is 0.0255. The minimum absolute atomic E-state index is 0.0514. The van der Waals surface area contributed by atoms with Crippen molar-refractivity contribution in [1.29, 1.82) is 0 Å². The lowest BCUT2D eigenvalue weighted by Gasteiger charge is -2.32. The molecule has 414 valence electrons. The second kappa shape index (κ2) is 53.4. The summed E-state index contributed by atoms with van der Waals surface area (Å²) in [5.41, 5.74) is -1.24. The van der Waals surface area contributed by atoms with Crippen molar-refractivity contribution >= 4 is 23.9 Å². The van der Waals surface area contributed by atoms with Crippen molar-refractivity contribution in [2.24, 2.45) is 5.41 Å². The number of hydrogen-bond acceptors (Lipinski definition) is 9. The number of likely N-dealkylation sites (N-methyl/N-ethyl adjacent to an activating group) is 1. The van der Waals surface area contributed by atoms with Gasteiger partial charge in [0.25, 0.3) is 0 Å². The summed E-state index contributed by atoms with van der Waals surface area (Å²) in [7, 11) is 3.55. The van der Waals surface area contributed by atoms with Crippen LogP contribution in [-0.2, 0) is 38.1 Å². The van der Waals surface area contributed by atoms with E-state index in [2.05, 4.69) is 57.2 Å². The lowest BCUT2D eigenvalue weighted by Crippen LogP contribution is -2.44. The molecule has 0 N–H and O–H groups in total. The minimum Gasteiger partial charge on any atom is -0.465 e. The van der Waals surface area contributed by atoms with Gasteiger partial charge < -0.3 is 18.9 Å². The van der Waals surface area contributed by atoms with E-state index in [1.807, 2.05) is 0 Å². The summed E-state index contributed by atoms with van der Waals surface area (Å²) >= 11 is 0. The van der Waals surface area contributed by atoms with E-state index in [1.165, 1.54) is 128 Å². The summed E-state index contributed by atoms with van der Waals surface area (Å²) in [6.45, 7) is 5.99. The van der Waals surface area contributed by atoms with Crippen LogP contribution in [0.25, 0.3) is 0 Å². The van der Waals surface area contributed by atoms with Gasteiger partial charge in [0.2, 0.25) is 0 Å². The number of allylic oxidation sites excluding steroid dienone is 6. The zero-order valence-electron chi connectivity index (χ0n) is 47.2. The predicted octanol–water partition coefficient (Wildman–Crippen LogP) is 17.4. The van der Waals surface area contributed by atoms with Gasteiger partial charge in [0.1, 0.15) is 31.8 Å². The fourth-order valence-electron chi connectivity index (χ4n) is 8.55. The standard InChI is InChI=1S/C62H113NO8/c1-6-9-12-15-18-21-24-27-30-33-36-39-42-45-48-51-59(65)69-55-62(57-71-61(67)53-63(4)5,54-68-58(64)50-47-44-41-38-35-32-29-26-23-20-17-14-11-8-3)56-70-60(66)52-49-46-43-40-37-34-31-28-25-22-19-16-13-10-7-2/h26-31H,6-25,32-57H2,1-5H3/b29-26-,30-27-,31-28-. The molecule has 0 aromatic heterocycles. The summed E-state index contributed by atoms with van der Waals surface area (Å²) in [4.78, 5) is 53.9. The predicted molar refractivity (Wildman–Crippen MR) is 299 cm³/mol. The van der Waals surface area contributed by atoms with Crippen LogP contribution < -0.4 is 0 Å². The minimum atomic E-state index is -1.24. The van der Waals surface area contributed by atoms with E-state index in [-0.39, 0.29) is 70.1 Å². The Morgan fingerprint density at radius 2 is 0.521 bits per heavy atom. The Morgan fingerprint density at radius 1 is 0.310 bits per heavy atom. The lowest BCUT2D eigenvalue weighted by atomic mass is 9.92. The number of unbranched alkanes of at least 4 members (excludes halogenated alkanes) is 32. The SMILES string of the molecule is CCCCCCC/C=C\CCCCCCCC(=O)OCC(COC(=O)CCCCCCC/C=C\CCCCCCCC)(COC(=O)CCCCCCC/C=C\CCCCCCCC)COC(=O)CN(C)C. The van der Waals surface area contributed by atoms with Crippen LogP contribution >= 0.6 is 0 Å². The largest absolute Gasteiger partial charge is 0.465 e. The zero-order valence-corrected chi connectivity index (χ0v) is 47.2. The summed E-state index contributed by atoms with van der Waals surface area (Å²) in [5, 5.41) is 0. The van der Waals surface area contributed by atoms with Crippen molar-refractivity contribution in [2.75, 3.05) is 47.1 Å². The first-order valence-corrected chi connectivity index (χ1v) is 29.9. The second-order valence-corrected chi connectivity index (χ2v) is 21.0. The molecule has 0 aromatic carbocycles. The Morgan fingerprint density at radius 3 is 0.761 bits per heavy atom. The molecule has 0 rings (SSSR count). The number of esters is 4. The molecular weight excluding hydrogens is 887 g/mol. The molecule has 0 spiro atoms. The van der Waals surface area contributed by atoms with E-state index in [0.717, 1.165) is 96.3 Å². The summed E-state index contributed by atoms with van der Waals surface area (Å²) in [6, 6.07) is 0. The van der Waals surface area contributed by atoms with E-state index in [1.54, 1.807) is 19.0 Å². The molecule has 0 aliphatic rings. The molecule has 0 bridgehead atoms. The highest BCUT2D eigenvalue weighted by Crippen LogP contribution is 2.24. The van der Waals surface area contributed by atoms with Crippen LogP contribution in [0.2, 0.25) is 0 Å². The van der Waals surface area contributed by atoms with E-state index >= 15 is 0 Å². The number of carbonyl (C=O) groups is 4. The van der Waals surface area contributed by atoms with Crippen LogP contribution in [-0.4, -0.2) is 75.8 Å². The molecule has 0 aliphatic heterocycles. The third kappa shape index (κ3) is 50.4. The number of hydrogen-bond donors (Lipinski definition) is 0. The van der Waals surface area contributed by atoms with Crippen molar-refractivity contribution in [3.05, 3.63) is 36.5 Å². The fraction of sp³-hybridized carbons (Fsp3) is 0.839. The zero-order chi connectivity index (χ0) is 52.0. The number of carbonyl (C=O) groups excluding carboxylic acids is 4. The van der Waals surface area contributed by atoms with Crippen LogP contribution in [0.15, 0.2) is 36.5 Å². The van der Waals surface area contributed by atoms with Gasteiger partial charge in [0, 0.05) is 19.3 Å². The van der Waals surface area contributed by atoms with Gasteiger partial charge in [-0.25, -0.2) is 0 Å². The number of ether oxygens (including phenoxy) is 4. The highest BCUT2D eigenvalue weighted by molar-refractivity contribution is 5.72. The summed E-state index contributed by atoms with van der Waals surface area (Å²) < 4.78 is 23.2. The summed E-state index contributed by atoms with van der Waals surface area (Å²) in [6.07, 6.45) is 59.0. The van der Waals surface area contributed by atoms with Crippen LogP contribution in [0.4, 0.5) is 0 Å². The molecule has 9 nitrogen and oxygen atoms in total. The maximum atomic E-state index is 13.1. The highest BCUT2D eigenvalue weighted by atomic mass is 16.6. The third-order valence-electron chi connectivity index (χ3n) is 13.3. The highest BCUT2D eigenvalue weighted by Gasteiger charge is 2.38. The molecule has 0 fully saturated rings. The molecule has 0 aliphatic carbocycles. The monoisotopic (exact) mass is 1000 g/mol. The van der Waals surface area contributed by atoms with Crippen LogP contribution in [0.1, 0.15) is 284 Å². The first kappa shape index (κ1) is 68.1. The Balaban J connectivity index is 5.17. The maximum Gasteiger partial charge on any atom is 0.320 e. The van der Waals surface area contributed by atoms with Crippen molar-refractivity contribution in [1.82, 2.24) is 4.90 Å². The van der Waals surface area contributed by atoms with Crippen LogP contribution in [0.5, 0.6) is 0 Å². The Kier molecular flexibility index (Phi) is 51.1. The lowest BCUT2D eigenvalue weighted by molar-refractivity contribution is -0.171. The Hall–Kier alpha value is -2.94. The van der Waals surface area contributed by atoms with Gasteiger partial charge >= 0.3 is 23.9 Å². The molecule has 0 saturated carbocycles. The van der Waals surface area contributed by atoms with Crippen LogP contribution in [0.3, 0.4) is 0 Å². The van der Waals surface area contributed by atoms with Gasteiger partial charge in [-0.3, -0.25) is 24.1 Å². The molecule has 0 aromatic rings. The number of rotatable bonds is 54. The smallest absolute Gasteiger partial charge is 0.320 e.